The number of benzene rings is 2. The summed E-state index contributed by atoms with van der Waals surface area (Å²) >= 11 is 0. The molecule has 0 saturated carbocycles. The Labute approximate surface area is 204 Å². The van der Waals surface area contributed by atoms with Gasteiger partial charge in [0.25, 0.3) is 0 Å². The van der Waals surface area contributed by atoms with Gasteiger partial charge < -0.3 is 33.6 Å². The topological polar surface area (TPSA) is 37.3 Å². The zero-order valence-corrected chi connectivity index (χ0v) is 21.2. The van der Waals surface area contributed by atoms with Gasteiger partial charge in [0, 0.05) is 6.42 Å². The van der Waals surface area contributed by atoms with E-state index in [1.54, 1.807) is 6.08 Å². The van der Waals surface area contributed by atoms with Crippen molar-refractivity contribution in [3.05, 3.63) is 82.9 Å². The number of likely N-dealkylation sites (tertiary alicyclic amines) is 1. The molecule has 1 aliphatic rings. The maximum Gasteiger partial charge on any atom is 0.167 e. The second-order valence-electron chi connectivity index (χ2n) is 9.03. The van der Waals surface area contributed by atoms with E-state index in [-0.39, 0.29) is 29.8 Å². The number of carbonyl (C=O) groups excluding carboxylic acids is 1. The normalized spacial score (nSPS) is 26.2. The first kappa shape index (κ1) is 25.5. The molecular formula is C27H34INO2. The fourth-order valence-corrected chi connectivity index (χ4v) is 4.03. The predicted octanol–water partition coefficient (Wildman–Crippen LogP) is 1.82. The predicted molar refractivity (Wildman–Crippen MR) is 125 cm³/mol. The number of aryl methyl sites for hydroxylation is 2. The lowest BCUT2D eigenvalue weighted by atomic mass is 9.76. The van der Waals surface area contributed by atoms with Gasteiger partial charge in [0.2, 0.25) is 0 Å². The molecule has 3 nitrogen and oxygen atoms in total. The fourth-order valence-electron chi connectivity index (χ4n) is 4.03. The Morgan fingerprint density at radius 1 is 1.03 bits per heavy atom. The summed E-state index contributed by atoms with van der Waals surface area (Å²) in [5, 5.41) is 11.5. The van der Waals surface area contributed by atoms with E-state index in [1.807, 2.05) is 61.5 Å². The van der Waals surface area contributed by atoms with Crippen molar-refractivity contribution >= 4 is 17.9 Å². The molecule has 2 aromatic carbocycles. The summed E-state index contributed by atoms with van der Waals surface area (Å²) in [5.74, 6) is -0.469. The van der Waals surface area contributed by atoms with Gasteiger partial charge in [-0.05, 0) is 38.0 Å². The van der Waals surface area contributed by atoms with Crippen LogP contribution in [0.15, 0.2) is 60.7 Å². The molecule has 2 aromatic rings. The molecule has 1 N–H and O–H groups in total. The van der Waals surface area contributed by atoms with Gasteiger partial charge in [0.1, 0.15) is 11.5 Å². The molecule has 1 saturated heterocycles. The summed E-state index contributed by atoms with van der Waals surface area (Å²) in [6, 6.07) is 16.3. The number of quaternary nitrogens is 1. The summed E-state index contributed by atoms with van der Waals surface area (Å²) in [6.45, 7) is 8.70. The van der Waals surface area contributed by atoms with E-state index in [4.69, 9.17) is 0 Å². The van der Waals surface area contributed by atoms with Gasteiger partial charge in [-0.25, -0.2) is 0 Å². The van der Waals surface area contributed by atoms with Crippen molar-refractivity contribution in [1.82, 2.24) is 0 Å². The number of ketones is 1. The number of aliphatic hydroxyl groups is 1. The lowest BCUT2D eigenvalue weighted by Crippen LogP contribution is -3.00. The summed E-state index contributed by atoms with van der Waals surface area (Å²) < 4.78 is 0.801. The van der Waals surface area contributed by atoms with E-state index in [2.05, 4.69) is 33.0 Å². The van der Waals surface area contributed by atoms with Gasteiger partial charge in [-0.1, -0.05) is 77.9 Å². The largest absolute Gasteiger partial charge is 1.00 e. The van der Waals surface area contributed by atoms with Crippen molar-refractivity contribution in [3.63, 3.8) is 0 Å². The van der Waals surface area contributed by atoms with Crippen molar-refractivity contribution in [1.29, 1.82) is 0 Å². The van der Waals surface area contributed by atoms with Crippen LogP contribution in [-0.2, 0) is 4.79 Å². The van der Waals surface area contributed by atoms with E-state index < -0.39 is 11.5 Å². The van der Waals surface area contributed by atoms with E-state index in [0.717, 1.165) is 28.7 Å². The average Bonchev–Trinajstić information content (AvgIpc) is 2.75. The lowest BCUT2D eigenvalue weighted by Gasteiger charge is -2.46. The van der Waals surface area contributed by atoms with Crippen LogP contribution in [0, 0.1) is 19.8 Å². The minimum Gasteiger partial charge on any atom is -1.00 e. The van der Waals surface area contributed by atoms with Crippen LogP contribution in [-0.4, -0.2) is 47.7 Å². The molecule has 0 aromatic heterocycles. The molecular weight excluding hydrogens is 497 g/mol. The van der Waals surface area contributed by atoms with Crippen LogP contribution in [0.25, 0.3) is 12.2 Å². The molecule has 0 spiro atoms. The van der Waals surface area contributed by atoms with E-state index >= 15 is 0 Å². The summed E-state index contributed by atoms with van der Waals surface area (Å²) in [5.41, 5.74) is 3.29. The molecule has 3 rings (SSSR count). The highest BCUT2D eigenvalue weighted by Crippen LogP contribution is 2.34. The highest BCUT2D eigenvalue weighted by molar-refractivity contribution is 5.96. The van der Waals surface area contributed by atoms with E-state index in [1.165, 1.54) is 11.1 Å². The van der Waals surface area contributed by atoms with E-state index in [9.17, 15) is 9.90 Å². The Bertz CT molecular complexity index is 933. The zero-order valence-electron chi connectivity index (χ0n) is 19.0. The molecule has 3 atom stereocenters. The van der Waals surface area contributed by atoms with Crippen LogP contribution >= 0.6 is 0 Å². The quantitative estimate of drug-likeness (QED) is 0.351. The smallest absolute Gasteiger partial charge is 0.167 e. The molecule has 1 fully saturated rings. The van der Waals surface area contributed by atoms with Crippen LogP contribution in [0.5, 0.6) is 0 Å². The number of nitrogens with zero attached hydrogens (tertiary/aromatic N) is 1. The molecule has 4 heteroatoms. The average molecular weight is 531 g/mol. The SMILES string of the molecule is CC[N+]1(C)CCC(O)(/C=C/c2ccc(C)cc2)C(C(=O)/C=C/c2ccc(C)cc2)C1.[I-]. The van der Waals surface area contributed by atoms with Crippen molar-refractivity contribution < 1.29 is 38.4 Å². The van der Waals surface area contributed by atoms with Gasteiger partial charge >= 0.3 is 0 Å². The Morgan fingerprint density at radius 2 is 1.55 bits per heavy atom. The number of hydrogen-bond acceptors (Lipinski definition) is 2. The fraction of sp³-hybridized carbons (Fsp3) is 0.370. The van der Waals surface area contributed by atoms with Gasteiger partial charge in [-0.15, -0.1) is 0 Å². The Hall–Kier alpha value is -1.76. The Balaban J connectivity index is 0.00000341. The van der Waals surface area contributed by atoms with Gasteiger partial charge in [-0.2, -0.15) is 0 Å². The van der Waals surface area contributed by atoms with E-state index in [0.29, 0.717) is 13.0 Å². The van der Waals surface area contributed by atoms with Crippen LogP contribution in [0.3, 0.4) is 0 Å². The van der Waals surface area contributed by atoms with Crippen LogP contribution in [0.2, 0.25) is 0 Å². The maximum absolute atomic E-state index is 13.2. The van der Waals surface area contributed by atoms with Crippen molar-refractivity contribution in [2.24, 2.45) is 5.92 Å². The molecule has 166 valence electrons. The first-order valence-electron chi connectivity index (χ1n) is 10.8. The van der Waals surface area contributed by atoms with Gasteiger partial charge in [0.05, 0.1) is 26.7 Å². The Kier molecular flexibility index (Phi) is 8.81. The third-order valence-corrected chi connectivity index (χ3v) is 6.54. The number of hydrogen-bond donors (Lipinski definition) is 1. The monoisotopic (exact) mass is 531 g/mol. The third-order valence-electron chi connectivity index (χ3n) is 6.54. The number of carbonyl (C=O) groups is 1. The second kappa shape index (κ2) is 10.7. The zero-order chi connectivity index (χ0) is 21.8. The van der Waals surface area contributed by atoms with Crippen LogP contribution < -0.4 is 24.0 Å². The second-order valence-corrected chi connectivity index (χ2v) is 9.03. The minimum atomic E-state index is -1.13. The standard InChI is InChI=1S/C27H34NO2.HI/c1-5-28(4)19-18-27(30,17-16-24-12-8-22(3)9-13-24)25(20-28)26(29)15-14-23-10-6-21(2)7-11-23;/h6-17,25,30H,5,18-20H2,1-4H3;1H/q+1;/p-1/b15-14+,17-16+;. The van der Waals surface area contributed by atoms with Crippen LogP contribution in [0.4, 0.5) is 0 Å². The molecule has 0 bridgehead atoms. The molecule has 1 heterocycles. The first-order chi connectivity index (χ1) is 14.2. The molecule has 0 amide bonds. The highest BCUT2D eigenvalue weighted by Gasteiger charge is 2.48. The number of rotatable bonds is 6. The molecule has 0 radical (unpaired) electrons. The molecule has 1 aliphatic heterocycles. The van der Waals surface area contributed by atoms with Crippen molar-refractivity contribution in [3.8, 4) is 0 Å². The van der Waals surface area contributed by atoms with Crippen molar-refractivity contribution in [2.45, 2.75) is 32.8 Å². The van der Waals surface area contributed by atoms with Crippen LogP contribution in [0.1, 0.15) is 35.6 Å². The number of allylic oxidation sites excluding steroid dienone is 1. The number of piperidine rings is 1. The summed E-state index contributed by atoms with van der Waals surface area (Å²) in [4.78, 5) is 13.2. The molecule has 0 aliphatic carbocycles. The summed E-state index contributed by atoms with van der Waals surface area (Å²) in [7, 11) is 2.17. The number of halogens is 1. The van der Waals surface area contributed by atoms with Gasteiger partial charge in [-0.3, -0.25) is 4.79 Å². The molecule has 31 heavy (non-hydrogen) atoms. The lowest BCUT2D eigenvalue weighted by molar-refractivity contribution is -0.916. The van der Waals surface area contributed by atoms with Gasteiger partial charge in [0.15, 0.2) is 5.78 Å². The summed E-state index contributed by atoms with van der Waals surface area (Å²) in [6.07, 6.45) is 7.88. The third kappa shape index (κ3) is 6.61. The first-order valence-corrected chi connectivity index (χ1v) is 10.8. The maximum atomic E-state index is 13.2. The highest BCUT2D eigenvalue weighted by atomic mass is 127. The minimum absolute atomic E-state index is 0. The Morgan fingerprint density at radius 3 is 2.06 bits per heavy atom. The molecule has 3 unspecified atom stereocenters. The van der Waals surface area contributed by atoms with Crippen molar-refractivity contribution in [2.75, 3.05) is 26.7 Å².